The van der Waals surface area contributed by atoms with Crippen LogP contribution in [-0.4, -0.2) is 58.6 Å². The zero-order valence-corrected chi connectivity index (χ0v) is 16.8. The summed E-state index contributed by atoms with van der Waals surface area (Å²) in [5, 5.41) is 27.6. The molecule has 2 heterocycles. The highest BCUT2D eigenvalue weighted by Gasteiger charge is 2.42. The number of hydrogen-bond acceptors (Lipinski definition) is 6. The number of rotatable bonds is 7. The van der Waals surface area contributed by atoms with Crippen LogP contribution in [0, 0.1) is 0 Å². The SMILES string of the molecule is COCCCN1C(=O)c2[nH]nc(-c3ccccc3O)c2[C@H]1c1ccc(O)c(OC)c1. The Bertz CT molecular complexity index is 1080. The van der Waals surface area contributed by atoms with Crippen molar-refractivity contribution in [2.75, 3.05) is 27.4 Å². The first kappa shape index (κ1) is 19.8. The van der Waals surface area contributed by atoms with Crippen LogP contribution in [0.2, 0.25) is 0 Å². The number of carbonyl (C=O) groups is 1. The molecule has 8 heteroatoms. The summed E-state index contributed by atoms with van der Waals surface area (Å²) in [7, 11) is 3.10. The standard InChI is InChI=1S/C22H23N3O5/c1-29-11-5-10-25-21(13-8-9-16(27)17(12-13)30-2)18-19(23-24-20(18)22(25)28)14-6-3-4-7-15(14)26/h3-4,6-9,12,21,26-27H,5,10-11H2,1-2H3,(H,23,24)/t21-/m1/s1. The number of carbonyl (C=O) groups excluding carboxylic acids is 1. The van der Waals surface area contributed by atoms with Crippen LogP contribution in [0.5, 0.6) is 17.2 Å². The maximum absolute atomic E-state index is 13.2. The Morgan fingerprint density at radius 2 is 1.93 bits per heavy atom. The van der Waals surface area contributed by atoms with Crippen molar-refractivity contribution in [1.29, 1.82) is 0 Å². The van der Waals surface area contributed by atoms with Gasteiger partial charge in [0, 0.05) is 31.4 Å². The number of nitrogens with zero attached hydrogens (tertiary/aromatic N) is 2. The Morgan fingerprint density at radius 1 is 1.13 bits per heavy atom. The number of amides is 1. The van der Waals surface area contributed by atoms with Gasteiger partial charge in [0.1, 0.15) is 17.1 Å². The molecule has 0 aliphatic carbocycles. The van der Waals surface area contributed by atoms with E-state index in [4.69, 9.17) is 9.47 Å². The van der Waals surface area contributed by atoms with E-state index in [0.717, 1.165) is 5.56 Å². The average molecular weight is 409 g/mol. The Balaban J connectivity index is 1.86. The van der Waals surface area contributed by atoms with Crippen molar-refractivity contribution in [3.05, 3.63) is 59.3 Å². The zero-order valence-electron chi connectivity index (χ0n) is 16.8. The maximum atomic E-state index is 13.2. The third-order valence-electron chi connectivity index (χ3n) is 5.29. The van der Waals surface area contributed by atoms with Gasteiger partial charge in [-0.15, -0.1) is 0 Å². The molecule has 4 rings (SSSR count). The van der Waals surface area contributed by atoms with Crippen LogP contribution in [0.25, 0.3) is 11.3 Å². The van der Waals surface area contributed by atoms with Crippen LogP contribution in [0.4, 0.5) is 0 Å². The molecule has 0 fully saturated rings. The van der Waals surface area contributed by atoms with Gasteiger partial charge in [-0.25, -0.2) is 0 Å². The van der Waals surface area contributed by atoms with Crippen LogP contribution in [0.15, 0.2) is 42.5 Å². The molecule has 8 nitrogen and oxygen atoms in total. The molecule has 0 bridgehead atoms. The van der Waals surface area contributed by atoms with Gasteiger partial charge in [-0.3, -0.25) is 9.89 Å². The molecule has 1 aromatic heterocycles. The number of ether oxygens (including phenoxy) is 2. The molecule has 1 amide bonds. The molecular formula is C22H23N3O5. The van der Waals surface area contributed by atoms with E-state index in [1.54, 1.807) is 48.4 Å². The number of phenols is 2. The highest BCUT2D eigenvalue weighted by Crippen LogP contribution is 2.45. The molecule has 0 spiro atoms. The van der Waals surface area contributed by atoms with Crippen molar-refractivity contribution < 1.29 is 24.5 Å². The van der Waals surface area contributed by atoms with Gasteiger partial charge in [0.05, 0.1) is 13.2 Å². The molecule has 2 aromatic carbocycles. The Morgan fingerprint density at radius 3 is 2.67 bits per heavy atom. The number of hydrogen-bond donors (Lipinski definition) is 3. The number of aromatic amines is 1. The van der Waals surface area contributed by atoms with Crippen LogP contribution < -0.4 is 4.74 Å². The van der Waals surface area contributed by atoms with Crippen LogP contribution in [-0.2, 0) is 4.74 Å². The minimum absolute atomic E-state index is 0.0184. The summed E-state index contributed by atoms with van der Waals surface area (Å²) in [4.78, 5) is 14.9. The number of benzene rings is 2. The summed E-state index contributed by atoms with van der Waals surface area (Å²) >= 11 is 0. The lowest BCUT2D eigenvalue weighted by atomic mass is 9.95. The van der Waals surface area contributed by atoms with Gasteiger partial charge in [0.15, 0.2) is 11.5 Å². The number of methoxy groups -OCH3 is 2. The monoisotopic (exact) mass is 409 g/mol. The van der Waals surface area contributed by atoms with E-state index in [0.29, 0.717) is 47.8 Å². The Hall–Kier alpha value is -3.52. The molecule has 1 aliphatic heterocycles. The van der Waals surface area contributed by atoms with E-state index in [-0.39, 0.29) is 17.4 Å². The number of H-pyrrole nitrogens is 1. The van der Waals surface area contributed by atoms with Crippen molar-refractivity contribution in [3.8, 4) is 28.5 Å². The third-order valence-corrected chi connectivity index (χ3v) is 5.29. The number of fused-ring (bicyclic) bond motifs is 1. The lowest BCUT2D eigenvalue weighted by Gasteiger charge is -2.26. The van der Waals surface area contributed by atoms with Crippen molar-refractivity contribution in [2.45, 2.75) is 12.5 Å². The molecule has 3 N–H and O–H groups in total. The summed E-state index contributed by atoms with van der Waals surface area (Å²) in [6.07, 6.45) is 0.664. The maximum Gasteiger partial charge on any atom is 0.273 e. The Kier molecular flexibility index (Phi) is 5.33. The van der Waals surface area contributed by atoms with Gasteiger partial charge in [-0.05, 0) is 36.2 Å². The van der Waals surface area contributed by atoms with Gasteiger partial charge < -0.3 is 24.6 Å². The number of aromatic hydroxyl groups is 2. The highest BCUT2D eigenvalue weighted by atomic mass is 16.5. The number of aromatic nitrogens is 2. The molecule has 1 aliphatic rings. The van der Waals surface area contributed by atoms with Crippen molar-refractivity contribution >= 4 is 5.91 Å². The fourth-order valence-electron chi connectivity index (χ4n) is 3.90. The van der Waals surface area contributed by atoms with Crippen molar-refractivity contribution in [1.82, 2.24) is 15.1 Å². The second-order valence-corrected chi connectivity index (χ2v) is 7.06. The quantitative estimate of drug-likeness (QED) is 0.518. The summed E-state index contributed by atoms with van der Waals surface area (Å²) in [6, 6.07) is 11.5. The molecule has 156 valence electrons. The summed E-state index contributed by atoms with van der Waals surface area (Å²) in [5.74, 6) is 0.245. The second-order valence-electron chi connectivity index (χ2n) is 7.06. The normalized spacial score (nSPS) is 15.5. The predicted octanol–water partition coefficient (Wildman–Crippen LogP) is 3.08. The highest BCUT2D eigenvalue weighted by molar-refractivity contribution is 6.00. The predicted molar refractivity (Wildman–Crippen MR) is 110 cm³/mol. The van der Waals surface area contributed by atoms with E-state index in [2.05, 4.69) is 10.2 Å². The van der Waals surface area contributed by atoms with E-state index in [9.17, 15) is 15.0 Å². The van der Waals surface area contributed by atoms with Gasteiger partial charge in [-0.1, -0.05) is 18.2 Å². The Labute approximate surface area is 173 Å². The largest absolute Gasteiger partial charge is 0.507 e. The van der Waals surface area contributed by atoms with E-state index in [1.807, 2.05) is 6.07 Å². The second kappa shape index (κ2) is 8.08. The average Bonchev–Trinajstić information content (AvgIpc) is 3.29. The zero-order chi connectivity index (χ0) is 21.3. The first-order valence-electron chi connectivity index (χ1n) is 9.60. The molecule has 3 aromatic rings. The van der Waals surface area contributed by atoms with E-state index < -0.39 is 6.04 Å². The first-order valence-corrected chi connectivity index (χ1v) is 9.60. The fraction of sp³-hybridized carbons (Fsp3) is 0.273. The molecule has 0 saturated carbocycles. The fourth-order valence-corrected chi connectivity index (χ4v) is 3.90. The number of nitrogens with one attached hydrogen (secondary N) is 1. The van der Waals surface area contributed by atoms with Crippen LogP contribution in [0.3, 0.4) is 0 Å². The van der Waals surface area contributed by atoms with Gasteiger partial charge >= 0.3 is 0 Å². The summed E-state index contributed by atoms with van der Waals surface area (Å²) < 4.78 is 10.4. The minimum Gasteiger partial charge on any atom is -0.507 e. The van der Waals surface area contributed by atoms with Gasteiger partial charge in [-0.2, -0.15) is 5.10 Å². The minimum atomic E-state index is -0.452. The first-order chi connectivity index (χ1) is 14.6. The van der Waals surface area contributed by atoms with Crippen LogP contribution >= 0.6 is 0 Å². The molecule has 1 atom stereocenters. The molecule has 0 saturated heterocycles. The third kappa shape index (κ3) is 3.25. The lowest BCUT2D eigenvalue weighted by Crippen LogP contribution is -2.31. The summed E-state index contributed by atoms with van der Waals surface area (Å²) in [5.41, 5.74) is 2.90. The van der Waals surface area contributed by atoms with Crippen LogP contribution in [0.1, 0.15) is 34.1 Å². The van der Waals surface area contributed by atoms with E-state index in [1.165, 1.54) is 7.11 Å². The number of para-hydroxylation sites is 1. The lowest BCUT2D eigenvalue weighted by molar-refractivity contribution is 0.0723. The summed E-state index contributed by atoms with van der Waals surface area (Å²) in [6.45, 7) is 0.997. The molecule has 30 heavy (non-hydrogen) atoms. The van der Waals surface area contributed by atoms with Gasteiger partial charge in [0.2, 0.25) is 0 Å². The molecule has 0 unspecified atom stereocenters. The van der Waals surface area contributed by atoms with Gasteiger partial charge in [0.25, 0.3) is 5.91 Å². The molecular weight excluding hydrogens is 386 g/mol. The van der Waals surface area contributed by atoms with E-state index >= 15 is 0 Å². The topological polar surface area (TPSA) is 108 Å². The smallest absolute Gasteiger partial charge is 0.273 e. The van der Waals surface area contributed by atoms with Crippen molar-refractivity contribution in [2.24, 2.45) is 0 Å². The molecule has 0 radical (unpaired) electrons. The van der Waals surface area contributed by atoms with Crippen molar-refractivity contribution in [3.63, 3.8) is 0 Å². The number of phenolic OH excluding ortho intramolecular Hbond substituents is 2.